The Balaban J connectivity index is 1.98. The van der Waals surface area contributed by atoms with Crippen molar-refractivity contribution >= 4 is 28.7 Å². The van der Waals surface area contributed by atoms with Gasteiger partial charge in [0, 0.05) is 62.8 Å². The Morgan fingerprint density at radius 3 is 2.27 bits per heavy atom. The van der Waals surface area contributed by atoms with Gasteiger partial charge in [-0.1, -0.05) is 6.07 Å². The van der Waals surface area contributed by atoms with Crippen molar-refractivity contribution in [3.63, 3.8) is 0 Å². The Bertz CT molecular complexity index is 880. The highest BCUT2D eigenvalue weighted by molar-refractivity contribution is 5.96. The van der Waals surface area contributed by atoms with Gasteiger partial charge in [-0.2, -0.15) is 0 Å². The number of aryl methyl sites for hydroxylation is 1. The molecule has 8 nitrogen and oxygen atoms in total. The Labute approximate surface area is 150 Å². The number of aliphatic carboxylic acids is 1. The zero-order valence-corrected chi connectivity index (χ0v) is 14.7. The highest BCUT2D eigenvalue weighted by Crippen LogP contribution is 2.31. The lowest BCUT2D eigenvalue weighted by Crippen LogP contribution is -2.50. The van der Waals surface area contributed by atoms with Crippen LogP contribution in [0.5, 0.6) is 0 Å². The summed E-state index contributed by atoms with van der Waals surface area (Å²) >= 11 is 0. The van der Waals surface area contributed by atoms with Crippen molar-refractivity contribution in [2.45, 2.75) is 13.0 Å². The van der Waals surface area contributed by atoms with Crippen LogP contribution in [0.25, 0.3) is 10.9 Å². The molecule has 0 saturated carbocycles. The van der Waals surface area contributed by atoms with E-state index in [2.05, 4.69) is 0 Å². The first-order valence-corrected chi connectivity index (χ1v) is 8.34. The summed E-state index contributed by atoms with van der Waals surface area (Å²) in [7, 11) is 1.77. The van der Waals surface area contributed by atoms with Gasteiger partial charge in [0.2, 0.25) is 5.91 Å². The topological polar surface area (TPSA) is 103 Å². The van der Waals surface area contributed by atoms with Crippen LogP contribution in [0.2, 0.25) is 0 Å². The number of carbonyl (C=O) groups is 3. The minimum atomic E-state index is -1.02. The molecular weight excluding hydrogens is 338 g/mol. The standard InChI is InChI=1S/C18H21N3O5/c1-11(22)20-5-7-21(8-6-20)16(18(25)26)14-10-19(2)15-9-12(17(23)24)3-4-13(14)15/h3-4,9-10,16H,5-8H2,1-2H3,(H,23,24)(H,25,26). The molecule has 1 aliphatic rings. The molecule has 0 aliphatic carbocycles. The molecule has 2 N–H and O–H groups in total. The maximum Gasteiger partial charge on any atom is 0.335 e. The number of rotatable bonds is 4. The third-order valence-corrected chi connectivity index (χ3v) is 4.92. The van der Waals surface area contributed by atoms with E-state index in [4.69, 9.17) is 5.11 Å². The monoisotopic (exact) mass is 359 g/mol. The van der Waals surface area contributed by atoms with E-state index in [-0.39, 0.29) is 11.5 Å². The van der Waals surface area contributed by atoms with E-state index in [0.29, 0.717) is 37.3 Å². The van der Waals surface area contributed by atoms with Gasteiger partial charge in [-0.3, -0.25) is 14.5 Å². The molecule has 26 heavy (non-hydrogen) atoms. The molecule has 1 aromatic carbocycles. The molecule has 3 rings (SSSR count). The number of hydrogen-bond acceptors (Lipinski definition) is 4. The lowest BCUT2D eigenvalue weighted by atomic mass is 10.0. The van der Waals surface area contributed by atoms with Gasteiger partial charge in [0.05, 0.1) is 5.56 Å². The third kappa shape index (κ3) is 3.15. The lowest BCUT2D eigenvalue weighted by molar-refractivity contribution is -0.144. The van der Waals surface area contributed by atoms with E-state index in [9.17, 15) is 19.5 Å². The van der Waals surface area contributed by atoms with Gasteiger partial charge in [0.25, 0.3) is 0 Å². The Kier molecular flexibility index (Phi) is 4.69. The molecule has 2 heterocycles. The number of nitrogens with zero attached hydrogens (tertiary/aromatic N) is 3. The van der Waals surface area contributed by atoms with Crippen molar-refractivity contribution in [1.29, 1.82) is 0 Å². The first kappa shape index (κ1) is 17.9. The lowest BCUT2D eigenvalue weighted by Gasteiger charge is -2.37. The number of carboxylic acids is 2. The number of benzene rings is 1. The fourth-order valence-corrected chi connectivity index (χ4v) is 3.55. The van der Waals surface area contributed by atoms with Crippen molar-refractivity contribution < 1.29 is 24.6 Å². The molecule has 1 amide bonds. The maximum atomic E-state index is 12.0. The summed E-state index contributed by atoms with van der Waals surface area (Å²) in [6.45, 7) is 3.44. The van der Waals surface area contributed by atoms with Gasteiger partial charge in [0.1, 0.15) is 6.04 Å². The fourth-order valence-electron chi connectivity index (χ4n) is 3.55. The minimum Gasteiger partial charge on any atom is -0.480 e. The molecule has 1 unspecified atom stereocenters. The van der Waals surface area contributed by atoms with E-state index in [1.165, 1.54) is 13.0 Å². The highest BCUT2D eigenvalue weighted by atomic mass is 16.4. The normalized spacial score (nSPS) is 16.6. The summed E-state index contributed by atoms with van der Waals surface area (Å²) in [5.74, 6) is -2.00. The average molecular weight is 359 g/mol. The van der Waals surface area contributed by atoms with Gasteiger partial charge in [-0.15, -0.1) is 0 Å². The summed E-state index contributed by atoms with van der Waals surface area (Å²) in [5.41, 5.74) is 1.46. The fraction of sp³-hybridized carbons (Fsp3) is 0.389. The van der Waals surface area contributed by atoms with Crippen LogP contribution in [0.15, 0.2) is 24.4 Å². The van der Waals surface area contributed by atoms with Crippen LogP contribution in [-0.4, -0.2) is 68.6 Å². The van der Waals surface area contributed by atoms with E-state index in [0.717, 1.165) is 5.39 Å². The molecule has 0 bridgehead atoms. The number of fused-ring (bicyclic) bond motifs is 1. The number of carbonyl (C=O) groups excluding carboxylic acids is 1. The van der Waals surface area contributed by atoms with Gasteiger partial charge >= 0.3 is 11.9 Å². The maximum absolute atomic E-state index is 12.0. The second-order valence-corrected chi connectivity index (χ2v) is 6.52. The van der Waals surface area contributed by atoms with Crippen LogP contribution >= 0.6 is 0 Å². The van der Waals surface area contributed by atoms with Gasteiger partial charge in [-0.05, 0) is 12.1 Å². The number of aromatic nitrogens is 1. The van der Waals surface area contributed by atoms with Crippen LogP contribution in [0, 0.1) is 0 Å². The number of amides is 1. The molecule has 1 aliphatic heterocycles. The van der Waals surface area contributed by atoms with Crippen molar-refractivity contribution in [3.05, 3.63) is 35.5 Å². The number of hydrogen-bond donors (Lipinski definition) is 2. The number of aromatic carboxylic acids is 1. The summed E-state index contributed by atoms with van der Waals surface area (Å²) in [5, 5.41) is 19.7. The van der Waals surface area contributed by atoms with Crippen LogP contribution in [0.4, 0.5) is 0 Å². The Hall–Kier alpha value is -2.87. The molecule has 138 valence electrons. The SMILES string of the molecule is CC(=O)N1CCN(C(C(=O)O)c2cn(C)c3cc(C(=O)O)ccc23)CC1. The second kappa shape index (κ2) is 6.80. The Morgan fingerprint density at radius 1 is 1.08 bits per heavy atom. The molecule has 0 spiro atoms. The van der Waals surface area contributed by atoms with Crippen molar-refractivity contribution in [1.82, 2.24) is 14.4 Å². The highest BCUT2D eigenvalue weighted by Gasteiger charge is 2.33. The number of piperazine rings is 1. The molecule has 1 aromatic heterocycles. The summed E-state index contributed by atoms with van der Waals surface area (Å²) < 4.78 is 1.75. The summed E-state index contributed by atoms with van der Waals surface area (Å²) in [4.78, 5) is 38.3. The molecule has 1 saturated heterocycles. The first-order valence-electron chi connectivity index (χ1n) is 8.34. The zero-order valence-electron chi connectivity index (χ0n) is 14.7. The molecule has 1 fully saturated rings. The Morgan fingerprint density at radius 2 is 1.73 bits per heavy atom. The van der Waals surface area contributed by atoms with Crippen LogP contribution in [0.1, 0.15) is 28.9 Å². The molecule has 1 atom stereocenters. The molecule has 2 aromatic rings. The first-order chi connectivity index (χ1) is 12.3. The largest absolute Gasteiger partial charge is 0.480 e. The molecular formula is C18H21N3O5. The third-order valence-electron chi connectivity index (χ3n) is 4.92. The average Bonchev–Trinajstić information content (AvgIpc) is 2.91. The molecule has 8 heteroatoms. The van der Waals surface area contributed by atoms with E-state index in [1.54, 1.807) is 34.8 Å². The zero-order chi connectivity index (χ0) is 19.0. The number of carboxylic acid groups (broad SMARTS) is 2. The second-order valence-electron chi connectivity index (χ2n) is 6.52. The van der Waals surface area contributed by atoms with Crippen LogP contribution < -0.4 is 0 Å². The van der Waals surface area contributed by atoms with Gasteiger partial charge in [0.15, 0.2) is 0 Å². The van der Waals surface area contributed by atoms with Crippen molar-refractivity contribution in [3.8, 4) is 0 Å². The van der Waals surface area contributed by atoms with Crippen LogP contribution in [0.3, 0.4) is 0 Å². The van der Waals surface area contributed by atoms with Gasteiger partial charge < -0.3 is 19.7 Å². The minimum absolute atomic E-state index is 0.0112. The van der Waals surface area contributed by atoms with Crippen molar-refractivity contribution in [2.24, 2.45) is 7.05 Å². The predicted octanol–water partition coefficient (Wildman–Crippen LogP) is 1.17. The van der Waals surface area contributed by atoms with E-state index in [1.807, 2.05) is 4.90 Å². The predicted molar refractivity (Wildman–Crippen MR) is 94.1 cm³/mol. The summed E-state index contributed by atoms with van der Waals surface area (Å²) in [6.07, 6.45) is 1.74. The quantitative estimate of drug-likeness (QED) is 0.849. The smallest absolute Gasteiger partial charge is 0.335 e. The van der Waals surface area contributed by atoms with Crippen LogP contribution in [-0.2, 0) is 16.6 Å². The van der Waals surface area contributed by atoms with Crippen molar-refractivity contribution in [2.75, 3.05) is 26.2 Å². The van der Waals surface area contributed by atoms with E-state index >= 15 is 0 Å². The van der Waals surface area contributed by atoms with Gasteiger partial charge in [-0.25, -0.2) is 4.79 Å². The molecule has 0 radical (unpaired) electrons. The van der Waals surface area contributed by atoms with E-state index < -0.39 is 18.0 Å². The summed E-state index contributed by atoms with van der Waals surface area (Å²) in [6, 6.07) is 3.85.